The van der Waals surface area contributed by atoms with Gasteiger partial charge in [0, 0.05) is 5.56 Å². The van der Waals surface area contributed by atoms with E-state index < -0.39 is 11.6 Å². The van der Waals surface area contributed by atoms with Crippen molar-refractivity contribution in [3.8, 4) is 11.3 Å². The van der Waals surface area contributed by atoms with Crippen LogP contribution in [-0.2, 0) is 0 Å². The van der Waals surface area contributed by atoms with Crippen molar-refractivity contribution < 1.29 is 13.2 Å². The zero-order valence-corrected chi connectivity index (χ0v) is 10.4. The number of rotatable bonds is 3. The lowest BCUT2D eigenvalue weighted by molar-refractivity contribution is 0.508. The van der Waals surface area contributed by atoms with Crippen LogP contribution in [0.25, 0.3) is 11.3 Å². The van der Waals surface area contributed by atoms with Gasteiger partial charge in [-0.1, -0.05) is 0 Å². The second-order valence-corrected chi connectivity index (χ2v) is 4.00. The van der Waals surface area contributed by atoms with E-state index in [1.54, 1.807) is 12.1 Å². The molecule has 0 radical (unpaired) electrons. The van der Waals surface area contributed by atoms with Crippen molar-refractivity contribution in [1.29, 1.82) is 0 Å². The molecule has 1 heterocycles. The maximum absolute atomic E-state index is 13.1. The second kappa shape index (κ2) is 5.57. The van der Waals surface area contributed by atoms with Gasteiger partial charge in [-0.05, 0) is 42.5 Å². The van der Waals surface area contributed by atoms with Crippen molar-refractivity contribution in [2.75, 3.05) is 0 Å². The SMILES string of the molecule is NC(=S)N/N=C/c1ccc(-c2ccc(F)c(F)c2)o1. The van der Waals surface area contributed by atoms with Crippen LogP contribution >= 0.6 is 12.2 Å². The maximum atomic E-state index is 13.1. The predicted molar refractivity (Wildman–Crippen MR) is 71.6 cm³/mol. The minimum Gasteiger partial charge on any atom is -0.455 e. The molecule has 19 heavy (non-hydrogen) atoms. The maximum Gasteiger partial charge on any atom is 0.184 e. The molecular formula is C12H9F2N3OS. The Morgan fingerprint density at radius 2 is 2.05 bits per heavy atom. The van der Waals surface area contributed by atoms with E-state index in [1.807, 2.05) is 0 Å². The Hall–Kier alpha value is -2.28. The Morgan fingerprint density at radius 3 is 2.74 bits per heavy atom. The Morgan fingerprint density at radius 1 is 1.26 bits per heavy atom. The second-order valence-electron chi connectivity index (χ2n) is 3.57. The first kappa shape index (κ1) is 13.2. The number of nitrogens with one attached hydrogen (secondary N) is 1. The minimum absolute atomic E-state index is 0.0311. The van der Waals surface area contributed by atoms with Crippen molar-refractivity contribution >= 4 is 23.5 Å². The summed E-state index contributed by atoms with van der Waals surface area (Å²) in [6.45, 7) is 0. The Bertz CT molecular complexity index is 640. The quantitative estimate of drug-likeness (QED) is 0.515. The van der Waals surface area contributed by atoms with Crippen LogP contribution in [0.4, 0.5) is 8.78 Å². The summed E-state index contributed by atoms with van der Waals surface area (Å²) >= 11 is 4.56. The van der Waals surface area contributed by atoms with E-state index >= 15 is 0 Å². The minimum atomic E-state index is -0.931. The molecule has 1 aromatic carbocycles. The third-order valence-electron chi connectivity index (χ3n) is 2.20. The van der Waals surface area contributed by atoms with Gasteiger partial charge >= 0.3 is 0 Å². The van der Waals surface area contributed by atoms with Crippen molar-refractivity contribution in [3.05, 3.63) is 47.7 Å². The van der Waals surface area contributed by atoms with E-state index in [-0.39, 0.29) is 5.11 Å². The molecule has 0 aliphatic heterocycles. The van der Waals surface area contributed by atoms with Crippen LogP contribution in [-0.4, -0.2) is 11.3 Å². The molecule has 0 spiro atoms. The van der Waals surface area contributed by atoms with Crippen molar-refractivity contribution in [1.82, 2.24) is 5.43 Å². The van der Waals surface area contributed by atoms with E-state index in [2.05, 4.69) is 22.7 Å². The number of nitrogens with zero attached hydrogens (tertiary/aromatic N) is 1. The topological polar surface area (TPSA) is 63.5 Å². The molecule has 0 saturated heterocycles. The van der Waals surface area contributed by atoms with Gasteiger partial charge in [-0.3, -0.25) is 5.43 Å². The normalized spacial score (nSPS) is 10.8. The Kier molecular flexibility index (Phi) is 3.86. The van der Waals surface area contributed by atoms with E-state index in [9.17, 15) is 8.78 Å². The van der Waals surface area contributed by atoms with Crippen molar-refractivity contribution in [2.45, 2.75) is 0 Å². The molecule has 7 heteroatoms. The van der Waals surface area contributed by atoms with Gasteiger partial charge in [0.2, 0.25) is 0 Å². The summed E-state index contributed by atoms with van der Waals surface area (Å²) in [5.74, 6) is -1.02. The average Bonchev–Trinajstić information content (AvgIpc) is 2.81. The molecule has 4 nitrogen and oxygen atoms in total. The van der Waals surface area contributed by atoms with E-state index in [1.165, 1.54) is 12.3 Å². The van der Waals surface area contributed by atoms with Crippen molar-refractivity contribution in [2.24, 2.45) is 10.8 Å². The van der Waals surface area contributed by atoms with Gasteiger partial charge in [-0.15, -0.1) is 0 Å². The summed E-state index contributed by atoms with van der Waals surface area (Å²) in [5.41, 5.74) is 7.98. The van der Waals surface area contributed by atoms with Gasteiger partial charge in [-0.25, -0.2) is 8.78 Å². The van der Waals surface area contributed by atoms with Crippen LogP contribution in [0, 0.1) is 11.6 Å². The average molecular weight is 281 g/mol. The molecule has 2 rings (SSSR count). The smallest absolute Gasteiger partial charge is 0.184 e. The van der Waals surface area contributed by atoms with Crippen LogP contribution in [0.2, 0.25) is 0 Å². The Labute approximate surface area is 112 Å². The number of halogens is 2. The first-order valence-corrected chi connectivity index (χ1v) is 5.61. The number of nitrogens with two attached hydrogens (primary N) is 1. The Balaban J connectivity index is 2.18. The van der Waals surface area contributed by atoms with E-state index in [0.29, 0.717) is 17.1 Å². The van der Waals surface area contributed by atoms with E-state index in [0.717, 1.165) is 12.1 Å². The van der Waals surface area contributed by atoms with Gasteiger partial charge in [0.05, 0.1) is 6.21 Å². The molecule has 0 aliphatic rings. The highest BCUT2D eigenvalue weighted by molar-refractivity contribution is 7.80. The fraction of sp³-hybridized carbons (Fsp3) is 0. The van der Waals surface area contributed by atoms with Gasteiger partial charge in [-0.2, -0.15) is 5.10 Å². The number of hydrazone groups is 1. The molecule has 0 bridgehead atoms. The number of furan rings is 1. The summed E-state index contributed by atoms with van der Waals surface area (Å²) in [5, 5.41) is 3.74. The first-order chi connectivity index (χ1) is 9.06. The van der Waals surface area contributed by atoms with Crippen LogP contribution < -0.4 is 11.2 Å². The highest BCUT2D eigenvalue weighted by atomic mass is 32.1. The molecule has 98 valence electrons. The van der Waals surface area contributed by atoms with Gasteiger partial charge < -0.3 is 10.2 Å². The summed E-state index contributed by atoms with van der Waals surface area (Å²) in [6, 6.07) is 6.76. The number of thiocarbonyl (C=S) groups is 1. The van der Waals surface area contributed by atoms with Gasteiger partial charge in [0.15, 0.2) is 16.7 Å². The van der Waals surface area contributed by atoms with Gasteiger partial charge in [0.1, 0.15) is 11.5 Å². The molecule has 0 amide bonds. The van der Waals surface area contributed by atoms with Crippen molar-refractivity contribution in [3.63, 3.8) is 0 Å². The van der Waals surface area contributed by atoms with Crippen LogP contribution in [0.15, 0.2) is 39.9 Å². The summed E-state index contributed by atoms with van der Waals surface area (Å²) < 4.78 is 31.3. The van der Waals surface area contributed by atoms with Crippen LogP contribution in [0.3, 0.4) is 0 Å². The molecule has 0 saturated carbocycles. The molecule has 3 N–H and O–H groups in total. The molecule has 0 fully saturated rings. The highest BCUT2D eigenvalue weighted by Crippen LogP contribution is 2.23. The predicted octanol–water partition coefficient (Wildman–Crippen LogP) is 2.39. The highest BCUT2D eigenvalue weighted by Gasteiger charge is 2.07. The van der Waals surface area contributed by atoms with Crippen LogP contribution in [0.1, 0.15) is 5.76 Å². The monoisotopic (exact) mass is 281 g/mol. The standard InChI is InChI=1S/C12H9F2N3OS/c13-9-3-1-7(5-10(9)14)11-4-2-8(18-11)6-16-17-12(15)19/h1-6H,(H3,15,17,19)/b16-6+. The lowest BCUT2D eigenvalue weighted by atomic mass is 10.1. The lowest BCUT2D eigenvalue weighted by Gasteiger charge is -1.98. The molecule has 0 aliphatic carbocycles. The summed E-state index contributed by atoms with van der Waals surface area (Å²) in [7, 11) is 0. The van der Waals surface area contributed by atoms with Crippen LogP contribution in [0.5, 0.6) is 0 Å². The van der Waals surface area contributed by atoms with E-state index in [4.69, 9.17) is 10.2 Å². The fourth-order valence-electron chi connectivity index (χ4n) is 1.39. The van der Waals surface area contributed by atoms with Gasteiger partial charge in [0.25, 0.3) is 0 Å². The first-order valence-electron chi connectivity index (χ1n) is 5.20. The molecular weight excluding hydrogens is 272 g/mol. The summed E-state index contributed by atoms with van der Waals surface area (Å²) in [4.78, 5) is 0. The number of hydrogen-bond donors (Lipinski definition) is 2. The zero-order chi connectivity index (χ0) is 13.8. The zero-order valence-electron chi connectivity index (χ0n) is 9.56. The molecule has 2 aromatic rings. The largest absolute Gasteiger partial charge is 0.455 e. The number of benzene rings is 1. The number of hydrogen-bond acceptors (Lipinski definition) is 3. The molecule has 1 aromatic heterocycles. The molecule has 0 atom stereocenters. The third-order valence-corrected chi connectivity index (χ3v) is 2.29. The third kappa shape index (κ3) is 3.35. The summed E-state index contributed by atoms with van der Waals surface area (Å²) in [6.07, 6.45) is 1.36. The molecule has 0 unspecified atom stereocenters. The fourth-order valence-corrected chi connectivity index (χ4v) is 1.44. The lowest BCUT2D eigenvalue weighted by Crippen LogP contribution is -2.23.